The lowest BCUT2D eigenvalue weighted by molar-refractivity contribution is -0.157. The summed E-state index contributed by atoms with van der Waals surface area (Å²) in [5, 5.41) is 22.6. The molecule has 0 amide bonds. The lowest BCUT2D eigenvalue weighted by Crippen LogP contribution is -2.60. The smallest absolute Gasteiger partial charge is 0.166 e. The van der Waals surface area contributed by atoms with Crippen molar-refractivity contribution < 1.29 is 15.0 Å². The Balaban J connectivity index is 1.64. The first-order valence-electron chi connectivity index (χ1n) is 12.5. The Morgan fingerprint density at radius 3 is 2.48 bits per heavy atom. The van der Waals surface area contributed by atoms with Crippen LogP contribution in [0, 0.1) is 52.3 Å². The van der Waals surface area contributed by atoms with Crippen LogP contribution in [0.25, 0.3) is 0 Å². The van der Waals surface area contributed by atoms with Gasteiger partial charge in [-0.2, -0.15) is 0 Å². The van der Waals surface area contributed by atoms with Gasteiger partial charge in [-0.1, -0.05) is 58.9 Å². The molecule has 4 aliphatic rings. The van der Waals surface area contributed by atoms with Crippen LogP contribution in [-0.2, 0) is 4.79 Å². The highest BCUT2D eigenvalue weighted by atomic mass is 16.3. The summed E-state index contributed by atoms with van der Waals surface area (Å²) in [4.78, 5) is 13.1. The third-order valence-corrected chi connectivity index (χ3v) is 10.1. The minimum absolute atomic E-state index is 0.0509. The zero-order chi connectivity index (χ0) is 22.7. The molecule has 10 atom stereocenters. The second-order valence-electron chi connectivity index (χ2n) is 11.9. The van der Waals surface area contributed by atoms with Crippen molar-refractivity contribution in [2.75, 3.05) is 0 Å². The number of aliphatic hydroxyl groups excluding tert-OH is 2. The summed E-state index contributed by atoms with van der Waals surface area (Å²) in [6, 6.07) is 0. The van der Waals surface area contributed by atoms with Crippen LogP contribution in [0.1, 0.15) is 67.2 Å². The Morgan fingerprint density at radius 2 is 1.81 bits per heavy atom. The number of allylic oxidation sites excluding steroid dienone is 5. The Morgan fingerprint density at radius 1 is 1.10 bits per heavy atom. The molecule has 31 heavy (non-hydrogen) atoms. The molecule has 3 nitrogen and oxygen atoms in total. The Bertz CT molecular complexity index is 807. The van der Waals surface area contributed by atoms with Gasteiger partial charge in [-0.25, -0.2) is 0 Å². The monoisotopic (exact) mass is 426 g/mol. The van der Waals surface area contributed by atoms with Crippen molar-refractivity contribution in [3.8, 4) is 0 Å². The molecule has 0 spiro atoms. The standard InChI is InChI=1S/C28H42O3/c1-16(2)17(3)10-11-18(4)20-12-13-21-19-14-23(29)22-8-7-9-25(31)28(22,6)26(19)24(30)15-27(20,21)5/h7-11,16-21,23-24,26,29-30H,12-15H2,1-6H3/b11-10+/t17-,18+,19-,20+,21-,23+,24+,26+,27+,28+/m0/s1. The average Bonchev–Trinajstić information content (AvgIpc) is 3.03. The summed E-state index contributed by atoms with van der Waals surface area (Å²) >= 11 is 0. The van der Waals surface area contributed by atoms with Crippen LogP contribution in [0.2, 0.25) is 0 Å². The van der Waals surface area contributed by atoms with Crippen LogP contribution < -0.4 is 0 Å². The predicted molar refractivity (Wildman–Crippen MR) is 125 cm³/mol. The number of fused-ring (bicyclic) bond motifs is 5. The Kier molecular flexibility index (Phi) is 5.92. The Hall–Kier alpha value is -1.19. The minimum Gasteiger partial charge on any atom is -0.393 e. The van der Waals surface area contributed by atoms with Crippen LogP contribution >= 0.6 is 0 Å². The maximum atomic E-state index is 13.1. The van der Waals surface area contributed by atoms with Gasteiger partial charge in [0.15, 0.2) is 5.78 Å². The molecule has 0 unspecified atom stereocenters. The van der Waals surface area contributed by atoms with E-state index in [2.05, 4.69) is 46.8 Å². The highest BCUT2D eigenvalue weighted by molar-refractivity contribution is 5.99. The van der Waals surface area contributed by atoms with Gasteiger partial charge in [0.1, 0.15) is 0 Å². The number of hydrogen-bond acceptors (Lipinski definition) is 3. The second kappa shape index (κ2) is 7.99. The molecule has 3 heteroatoms. The number of carbonyl (C=O) groups is 1. The van der Waals surface area contributed by atoms with Crippen LogP contribution in [0.5, 0.6) is 0 Å². The maximum absolute atomic E-state index is 13.1. The molecular formula is C28H42O3. The van der Waals surface area contributed by atoms with Gasteiger partial charge in [0.05, 0.1) is 17.6 Å². The summed E-state index contributed by atoms with van der Waals surface area (Å²) in [5.74, 6) is 2.82. The van der Waals surface area contributed by atoms with Crippen molar-refractivity contribution in [1.82, 2.24) is 0 Å². The quantitative estimate of drug-likeness (QED) is 0.597. The van der Waals surface area contributed by atoms with Crippen LogP contribution in [0.4, 0.5) is 0 Å². The highest BCUT2D eigenvalue weighted by Gasteiger charge is 2.64. The van der Waals surface area contributed by atoms with Crippen LogP contribution in [-0.4, -0.2) is 28.2 Å². The summed E-state index contributed by atoms with van der Waals surface area (Å²) in [5.41, 5.74) is 0.0992. The van der Waals surface area contributed by atoms with Crippen molar-refractivity contribution in [3.05, 3.63) is 36.0 Å². The number of rotatable bonds is 4. The summed E-state index contributed by atoms with van der Waals surface area (Å²) < 4.78 is 0. The van der Waals surface area contributed by atoms with E-state index >= 15 is 0 Å². The van der Waals surface area contributed by atoms with E-state index in [4.69, 9.17) is 0 Å². The second-order valence-corrected chi connectivity index (χ2v) is 11.9. The summed E-state index contributed by atoms with van der Waals surface area (Å²) in [7, 11) is 0. The van der Waals surface area contributed by atoms with Gasteiger partial charge >= 0.3 is 0 Å². The van der Waals surface area contributed by atoms with E-state index in [1.165, 1.54) is 6.42 Å². The molecule has 4 rings (SSSR count). The molecule has 172 valence electrons. The van der Waals surface area contributed by atoms with E-state index in [-0.39, 0.29) is 23.0 Å². The van der Waals surface area contributed by atoms with E-state index in [1.807, 2.05) is 13.0 Å². The van der Waals surface area contributed by atoms with E-state index in [0.717, 1.165) is 18.4 Å². The first-order valence-corrected chi connectivity index (χ1v) is 12.5. The number of ketones is 1. The molecule has 0 bridgehead atoms. The zero-order valence-corrected chi connectivity index (χ0v) is 20.2. The van der Waals surface area contributed by atoms with E-state index in [0.29, 0.717) is 36.0 Å². The molecule has 4 aliphatic carbocycles. The fraction of sp³-hybridized carbons (Fsp3) is 0.750. The molecule has 0 aliphatic heterocycles. The first kappa shape index (κ1) is 23.0. The summed E-state index contributed by atoms with van der Waals surface area (Å²) in [6.45, 7) is 13.5. The minimum atomic E-state index is -0.770. The van der Waals surface area contributed by atoms with E-state index < -0.39 is 17.6 Å². The van der Waals surface area contributed by atoms with Gasteiger partial charge in [0.25, 0.3) is 0 Å². The van der Waals surface area contributed by atoms with Crippen LogP contribution in [0.15, 0.2) is 36.0 Å². The normalized spacial score (nSPS) is 46.5. The highest BCUT2D eigenvalue weighted by Crippen LogP contribution is 2.66. The molecule has 3 fully saturated rings. The fourth-order valence-corrected chi connectivity index (χ4v) is 8.03. The summed E-state index contributed by atoms with van der Waals surface area (Å²) in [6.07, 6.45) is 12.8. The molecule has 0 saturated heterocycles. The third kappa shape index (κ3) is 3.42. The van der Waals surface area contributed by atoms with E-state index in [1.54, 1.807) is 12.2 Å². The van der Waals surface area contributed by atoms with Gasteiger partial charge in [-0.3, -0.25) is 4.79 Å². The lowest BCUT2D eigenvalue weighted by atomic mass is 9.45. The van der Waals surface area contributed by atoms with E-state index in [9.17, 15) is 15.0 Å². The molecule has 0 heterocycles. The maximum Gasteiger partial charge on any atom is 0.166 e. The van der Waals surface area contributed by atoms with Crippen molar-refractivity contribution >= 4 is 5.78 Å². The van der Waals surface area contributed by atoms with Crippen molar-refractivity contribution in [2.24, 2.45) is 52.3 Å². The zero-order valence-electron chi connectivity index (χ0n) is 20.2. The van der Waals surface area contributed by atoms with Crippen LogP contribution in [0.3, 0.4) is 0 Å². The third-order valence-electron chi connectivity index (χ3n) is 10.1. The van der Waals surface area contributed by atoms with Gasteiger partial charge in [0.2, 0.25) is 0 Å². The molecule has 0 aromatic rings. The van der Waals surface area contributed by atoms with Crippen molar-refractivity contribution in [2.45, 2.75) is 79.4 Å². The molecule has 0 aromatic carbocycles. The number of hydrogen-bond donors (Lipinski definition) is 2. The predicted octanol–water partition coefficient (Wildman–Crippen LogP) is 5.34. The number of aliphatic hydroxyl groups is 2. The molecule has 2 N–H and O–H groups in total. The molecule has 0 aromatic heterocycles. The largest absolute Gasteiger partial charge is 0.393 e. The number of carbonyl (C=O) groups excluding carboxylic acids is 1. The van der Waals surface area contributed by atoms with Crippen molar-refractivity contribution in [1.29, 1.82) is 0 Å². The fourth-order valence-electron chi connectivity index (χ4n) is 8.03. The first-order chi connectivity index (χ1) is 14.5. The average molecular weight is 427 g/mol. The molecule has 0 radical (unpaired) electrons. The molecule has 3 saturated carbocycles. The van der Waals surface area contributed by atoms with Gasteiger partial charge in [0, 0.05) is 5.92 Å². The topological polar surface area (TPSA) is 57.5 Å². The SMILES string of the molecule is CC(C)[C@@H](C)/C=C/[C@@H](C)[C@H]1CC[C@H]2[C@@H]3C[C@@H](O)C4=CC=CC(=O)[C@]4(C)[C@H]3[C@H](O)C[C@]12C. The van der Waals surface area contributed by atoms with Gasteiger partial charge < -0.3 is 10.2 Å². The Labute approximate surface area is 188 Å². The van der Waals surface area contributed by atoms with Crippen molar-refractivity contribution in [3.63, 3.8) is 0 Å². The van der Waals surface area contributed by atoms with Gasteiger partial charge in [-0.05, 0) is 85.2 Å². The van der Waals surface area contributed by atoms with Gasteiger partial charge in [-0.15, -0.1) is 0 Å². The molecular weight excluding hydrogens is 384 g/mol. The lowest BCUT2D eigenvalue weighted by Gasteiger charge is -2.59.